The first-order chi connectivity index (χ1) is 9.61. The second-order valence-corrected chi connectivity index (χ2v) is 7.65. The van der Waals surface area contributed by atoms with E-state index >= 15 is 0 Å². The standard InChI is InChI=1S/C17H30N2O/c1-12-9-13(2)11-16(10-12)18-15-5-7-19(8-6-15)17(20)14-3-4-14/h12-16,18H,3-11H2,1-2H3. The molecule has 0 spiro atoms. The molecule has 0 radical (unpaired) electrons. The van der Waals surface area contributed by atoms with E-state index in [9.17, 15) is 4.79 Å². The molecule has 114 valence electrons. The Hall–Kier alpha value is -0.570. The molecule has 1 heterocycles. The van der Waals surface area contributed by atoms with Gasteiger partial charge in [-0.2, -0.15) is 0 Å². The fourth-order valence-corrected chi connectivity index (χ4v) is 4.27. The Morgan fingerprint density at radius 3 is 2.05 bits per heavy atom. The van der Waals surface area contributed by atoms with Gasteiger partial charge in [0.1, 0.15) is 0 Å². The lowest BCUT2D eigenvalue weighted by atomic mass is 9.80. The van der Waals surface area contributed by atoms with Gasteiger partial charge in [0.2, 0.25) is 5.91 Å². The second-order valence-electron chi connectivity index (χ2n) is 7.65. The summed E-state index contributed by atoms with van der Waals surface area (Å²) in [6.07, 6.45) is 8.64. The molecule has 2 aliphatic carbocycles. The molecule has 1 amide bonds. The van der Waals surface area contributed by atoms with Gasteiger partial charge < -0.3 is 10.2 Å². The van der Waals surface area contributed by atoms with Crippen molar-refractivity contribution < 1.29 is 4.79 Å². The van der Waals surface area contributed by atoms with Crippen LogP contribution >= 0.6 is 0 Å². The Labute approximate surface area is 123 Å². The number of carbonyl (C=O) groups is 1. The lowest BCUT2D eigenvalue weighted by molar-refractivity contribution is -0.133. The highest BCUT2D eigenvalue weighted by Crippen LogP contribution is 2.32. The lowest BCUT2D eigenvalue weighted by Gasteiger charge is -2.38. The van der Waals surface area contributed by atoms with Gasteiger partial charge in [-0.25, -0.2) is 0 Å². The maximum atomic E-state index is 12.0. The third kappa shape index (κ3) is 3.55. The molecule has 3 aliphatic rings. The van der Waals surface area contributed by atoms with Crippen LogP contribution in [0.3, 0.4) is 0 Å². The van der Waals surface area contributed by atoms with Crippen LogP contribution in [-0.4, -0.2) is 36.0 Å². The van der Waals surface area contributed by atoms with Crippen molar-refractivity contribution in [2.45, 2.75) is 70.9 Å². The average molecular weight is 278 g/mol. The van der Waals surface area contributed by atoms with Crippen LogP contribution < -0.4 is 5.32 Å². The van der Waals surface area contributed by atoms with Crippen LogP contribution in [0.15, 0.2) is 0 Å². The van der Waals surface area contributed by atoms with Gasteiger partial charge >= 0.3 is 0 Å². The SMILES string of the molecule is CC1CC(C)CC(NC2CCN(C(=O)C3CC3)CC2)C1. The Bertz CT molecular complexity index is 335. The molecule has 1 N–H and O–H groups in total. The molecule has 2 unspecified atom stereocenters. The van der Waals surface area contributed by atoms with Gasteiger partial charge in [-0.15, -0.1) is 0 Å². The molecular formula is C17H30N2O. The molecule has 3 nitrogen and oxygen atoms in total. The van der Waals surface area contributed by atoms with Gasteiger partial charge in [0.25, 0.3) is 0 Å². The van der Waals surface area contributed by atoms with Crippen LogP contribution in [0, 0.1) is 17.8 Å². The predicted octanol–water partition coefficient (Wildman–Crippen LogP) is 2.80. The summed E-state index contributed by atoms with van der Waals surface area (Å²) >= 11 is 0. The van der Waals surface area contributed by atoms with Crippen LogP contribution in [-0.2, 0) is 4.79 Å². The van der Waals surface area contributed by atoms with Gasteiger partial charge in [0, 0.05) is 31.1 Å². The fraction of sp³-hybridized carbons (Fsp3) is 0.941. The van der Waals surface area contributed by atoms with Crippen molar-refractivity contribution in [3.63, 3.8) is 0 Å². The number of nitrogens with zero attached hydrogens (tertiary/aromatic N) is 1. The molecular weight excluding hydrogens is 248 g/mol. The molecule has 0 bridgehead atoms. The molecule has 3 heteroatoms. The normalized spacial score (nSPS) is 36.1. The highest BCUT2D eigenvalue weighted by Gasteiger charge is 2.35. The Morgan fingerprint density at radius 1 is 0.900 bits per heavy atom. The zero-order valence-electron chi connectivity index (χ0n) is 13.1. The number of hydrogen-bond acceptors (Lipinski definition) is 2. The third-order valence-electron chi connectivity index (χ3n) is 5.38. The van der Waals surface area contributed by atoms with E-state index in [1.165, 1.54) is 19.3 Å². The first kappa shape index (κ1) is 14.4. The molecule has 1 aliphatic heterocycles. The Kier molecular flexibility index (Phi) is 4.34. The maximum absolute atomic E-state index is 12.0. The second kappa shape index (κ2) is 6.05. The smallest absolute Gasteiger partial charge is 0.225 e. The predicted molar refractivity (Wildman–Crippen MR) is 81.4 cm³/mol. The highest BCUT2D eigenvalue weighted by atomic mass is 16.2. The summed E-state index contributed by atoms with van der Waals surface area (Å²) in [6, 6.07) is 1.35. The summed E-state index contributed by atoms with van der Waals surface area (Å²) in [6.45, 7) is 6.73. The molecule has 20 heavy (non-hydrogen) atoms. The summed E-state index contributed by atoms with van der Waals surface area (Å²) in [5, 5.41) is 3.88. The van der Waals surface area contributed by atoms with Crippen LogP contribution in [0.1, 0.15) is 58.8 Å². The number of carbonyl (C=O) groups excluding carboxylic acids is 1. The van der Waals surface area contributed by atoms with E-state index in [1.807, 2.05) is 0 Å². The first-order valence-electron chi connectivity index (χ1n) is 8.66. The summed E-state index contributed by atoms with van der Waals surface area (Å²) in [7, 11) is 0. The zero-order chi connectivity index (χ0) is 14.1. The fourth-order valence-electron chi connectivity index (χ4n) is 4.27. The van der Waals surface area contributed by atoms with Crippen LogP contribution in [0.5, 0.6) is 0 Å². The molecule has 3 fully saturated rings. The monoisotopic (exact) mass is 278 g/mol. The summed E-state index contributed by atoms with van der Waals surface area (Å²) in [5.41, 5.74) is 0. The van der Waals surface area contributed by atoms with Crippen LogP contribution in [0.4, 0.5) is 0 Å². The number of hydrogen-bond donors (Lipinski definition) is 1. The quantitative estimate of drug-likeness (QED) is 0.861. The summed E-state index contributed by atoms with van der Waals surface area (Å²) in [5.74, 6) is 2.56. The Balaban J connectivity index is 1.42. The van der Waals surface area contributed by atoms with Crippen LogP contribution in [0.25, 0.3) is 0 Å². The minimum atomic E-state index is 0.388. The number of rotatable bonds is 3. The van der Waals surface area contributed by atoms with Gasteiger partial charge in [-0.1, -0.05) is 13.8 Å². The van der Waals surface area contributed by atoms with Crippen molar-refractivity contribution in [2.75, 3.05) is 13.1 Å². The van der Waals surface area contributed by atoms with Crippen molar-refractivity contribution in [2.24, 2.45) is 17.8 Å². The molecule has 2 atom stereocenters. The summed E-state index contributed by atoms with van der Waals surface area (Å²) in [4.78, 5) is 14.2. The summed E-state index contributed by atoms with van der Waals surface area (Å²) < 4.78 is 0. The lowest BCUT2D eigenvalue weighted by Crippen LogP contribution is -2.49. The molecule has 2 saturated carbocycles. The van der Waals surface area contributed by atoms with E-state index in [1.54, 1.807) is 0 Å². The van der Waals surface area contributed by atoms with E-state index < -0.39 is 0 Å². The van der Waals surface area contributed by atoms with E-state index in [2.05, 4.69) is 24.1 Å². The molecule has 0 aromatic rings. The van der Waals surface area contributed by atoms with Crippen molar-refractivity contribution in [3.8, 4) is 0 Å². The maximum Gasteiger partial charge on any atom is 0.225 e. The van der Waals surface area contributed by atoms with E-state index in [0.717, 1.165) is 50.6 Å². The van der Waals surface area contributed by atoms with E-state index in [-0.39, 0.29) is 0 Å². The largest absolute Gasteiger partial charge is 0.342 e. The third-order valence-corrected chi connectivity index (χ3v) is 5.38. The highest BCUT2D eigenvalue weighted by molar-refractivity contribution is 5.81. The minimum absolute atomic E-state index is 0.388. The minimum Gasteiger partial charge on any atom is -0.342 e. The van der Waals surface area contributed by atoms with Crippen molar-refractivity contribution >= 4 is 5.91 Å². The average Bonchev–Trinajstić information content (AvgIpc) is 3.22. The first-order valence-corrected chi connectivity index (χ1v) is 8.66. The van der Waals surface area contributed by atoms with Crippen LogP contribution in [0.2, 0.25) is 0 Å². The van der Waals surface area contributed by atoms with Crippen molar-refractivity contribution in [3.05, 3.63) is 0 Å². The van der Waals surface area contributed by atoms with E-state index in [0.29, 0.717) is 23.9 Å². The Morgan fingerprint density at radius 2 is 1.50 bits per heavy atom. The van der Waals surface area contributed by atoms with Gasteiger partial charge in [0.15, 0.2) is 0 Å². The topological polar surface area (TPSA) is 32.3 Å². The van der Waals surface area contributed by atoms with Crippen molar-refractivity contribution in [1.82, 2.24) is 10.2 Å². The molecule has 0 aromatic carbocycles. The number of likely N-dealkylation sites (tertiary alicyclic amines) is 1. The van der Waals surface area contributed by atoms with Gasteiger partial charge in [-0.3, -0.25) is 4.79 Å². The number of amides is 1. The zero-order valence-corrected chi connectivity index (χ0v) is 13.1. The molecule has 1 saturated heterocycles. The van der Waals surface area contributed by atoms with Crippen molar-refractivity contribution in [1.29, 1.82) is 0 Å². The number of nitrogens with one attached hydrogen (secondary N) is 1. The van der Waals surface area contributed by atoms with E-state index in [4.69, 9.17) is 0 Å². The molecule has 0 aromatic heterocycles. The molecule has 3 rings (SSSR count). The van der Waals surface area contributed by atoms with Gasteiger partial charge in [-0.05, 0) is 56.8 Å². The van der Waals surface area contributed by atoms with Gasteiger partial charge in [0.05, 0.1) is 0 Å². The number of piperidine rings is 1.